The van der Waals surface area contributed by atoms with Gasteiger partial charge in [0.25, 0.3) is 0 Å². The summed E-state index contributed by atoms with van der Waals surface area (Å²) in [6, 6.07) is 9.49. The summed E-state index contributed by atoms with van der Waals surface area (Å²) in [5.74, 6) is 0.912. The molecule has 0 atom stereocenters. The maximum absolute atomic E-state index is 8.64. The lowest BCUT2D eigenvalue weighted by Gasteiger charge is -2.00. The quantitative estimate of drug-likeness (QED) is 0.678. The lowest BCUT2D eigenvalue weighted by molar-refractivity contribution is 0.925. The number of rotatable bonds is 1. The molecule has 0 fully saturated rings. The van der Waals surface area contributed by atoms with E-state index in [9.17, 15) is 0 Å². The Labute approximate surface area is 82.2 Å². The minimum absolute atomic E-state index is 0.669. The zero-order valence-electron chi connectivity index (χ0n) is 7.81. The van der Waals surface area contributed by atoms with Crippen molar-refractivity contribution in [3.63, 3.8) is 0 Å². The van der Waals surface area contributed by atoms with Crippen LogP contribution in [-0.4, -0.2) is 9.55 Å². The predicted molar refractivity (Wildman–Crippen MR) is 53.4 cm³/mol. The second kappa shape index (κ2) is 3.35. The summed E-state index contributed by atoms with van der Waals surface area (Å²) in [7, 11) is 1.94. The lowest BCUT2D eigenvalue weighted by atomic mass is 10.1. The van der Waals surface area contributed by atoms with E-state index in [1.54, 1.807) is 18.3 Å². The summed E-state index contributed by atoms with van der Waals surface area (Å²) in [6.45, 7) is 0. The Balaban J connectivity index is 2.45. The van der Waals surface area contributed by atoms with Gasteiger partial charge in [-0.1, -0.05) is 0 Å². The van der Waals surface area contributed by atoms with Gasteiger partial charge in [-0.2, -0.15) is 5.26 Å². The van der Waals surface area contributed by atoms with Crippen LogP contribution in [0.5, 0.6) is 0 Å². The van der Waals surface area contributed by atoms with Gasteiger partial charge in [-0.3, -0.25) is 0 Å². The summed E-state index contributed by atoms with van der Waals surface area (Å²) in [6.07, 6.45) is 3.65. The molecule has 0 spiro atoms. The Morgan fingerprint density at radius 3 is 2.50 bits per heavy atom. The van der Waals surface area contributed by atoms with Gasteiger partial charge in [-0.15, -0.1) is 0 Å². The van der Waals surface area contributed by atoms with Crippen molar-refractivity contribution in [1.29, 1.82) is 5.26 Å². The van der Waals surface area contributed by atoms with Crippen molar-refractivity contribution < 1.29 is 0 Å². The van der Waals surface area contributed by atoms with Gasteiger partial charge < -0.3 is 4.57 Å². The molecule has 2 rings (SSSR count). The molecule has 14 heavy (non-hydrogen) atoms. The van der Waals surface area contributed by atoms with Crippen LogP contribution in [0.2, 0.25) is 0 Å². The third kappa shape index (κ3) is 1.38. The monoisotopic (exact) mass is 183 g/mol. The molecular weight excluding hydrogens is 174 g/mol. The number of aromatic nitrogens is 2. The van der Waals surface area contributed by atoms with Gasteiger partial charge in [0.15, 0.2) is 0 Å². The van der Waals surface area contributed by atoms with Crippen LogP contribution in [0.4, 0.5) is 0 Å². The molecule has 1 heterocycles. The number of imidazole rings is 1. The fourth-order valence-corrected chi connectivity index (χ4v) is 1.34. The summed E-state index contributed by atoms with van der Waals surface area (Å²) in [4.78, 5) is 4.22. The zero-order valence-corrected chi connectivity index (χ0v) is 7.81. The Morgan fingerprint density at radius 1 is 1.29 bits per heavy atom. The molecule has 0 aliphatic heterocycles. The molecule has 3 heteroatoms. The Hall–Kier alpha value is -2.08. The van der Waals surface area contributed by atoms with Gasteiger partial charge in [0.2, 0.25) is 0 Å². The molecule has 3 nitrogen and oxygen atoms in total. The Bertz CT molecular complexity index is 474. The van der Waals surface area contributed by atoms with Crippen LogP contribution in [0.1, 0.15) is 5.56 Å². The summed E-state index contributed by atoms with van der Waals surface area (Å²) < 4.78 is 1.95. The molecule has 0 saturated carbocycles. The van der Waals surface area contributed by atoms with Crippen molar-refractivity contribution in [2.45, 2.75) is 0 Å². The van der Waals surface area contributed by atoms with Crippen LogP contribution in [0.25, 0.3) is 11.4 Å². The van der Waals surface area contributed by atoms with Crippen LogP contribution in [0.15, 0.2) is 36.7 Å². The number of benzene rings is 1. The average Bonchev–Trinajstić information content (AvgIpc) is 2.65. The Morgan fingerprint density at radius 2 is 2.00 bits per heavy atom. The van der Waals surface area contributed by atoms with E-state index in [0.717, 1.165) is 11.4 Å². The smallest absolute Gasteiger partial charge is 0.139 e. The average molecular weight is 183 g/mol. The van der Waals surface area contributed by atoms with Gasteiger partial charge in [-0.25, -0.2) is 4.98 Å². The minimum Gasteiger partial charge on any atom is -0.334 e. The highest BCUT2D eigenvalue weighted by Crippen LogP contribution is 2.16. The second-order valence-corrected chi connectivity index (χ2v) is 3.05. The predicted octanol–water partition coefficient (Wildman–Crippen LogP) is 1.96. The fourth-order valence-electron chi connectivity index (χ4n) is 1.34. The van der Waals surface area contributed by atoms with Crippen LogP contribution >= 0.6 is 0 Å². The van der Waals surface area contributed by atoms with Gasteiger partial charge in [-0.05, 0) is 24.3 Å². The van der Waals surface area contributed by atoms with Crippen LogP contribution in [0.3, 0.4) is 0 Å². The largest absolute Gasteiger partial charge is 0.334 e. The van der Waals surface area contributed by atoms with E-state index in [1.807, 2.05) is 29.9 Å². The highest BCUT2D eigenvalue weighted by molar-refractivity contribution is 5.56. The van der Waals surface area contributed by atoms with Gasteiger partial charge in [0.1, 0.15) is 5.82 Å². The first kappa shape index (κ1) is 8.52. The lowest BCUT2D eigenvalue weighted by Crippen LogP contribution is -1.90. The van der Waals surface area contributed by atoms with Crippen molar-refractivity contribution in [1.82, 2.24) is 9.55 Å². The van der Waals surface area contributed by atoms with E-state index < -0.39 is 0 Å². The van der Waals surface area contributed by atoms with E-state index in [4.69, 9.17) is 5.26 Å². The van der Waals surface area contributed by atoms with Gasteiger partial charge >= 0.3 is 0 Å². The third-order valence-electron chi connectivity index (χ3n) is 2.09. The standard InChI is InChI=1S/C11H9N3/c1-14-7-6-13-11(14)10-4-2-9(8-12)3-5-10/h2-7H,1H3. The van der Waals surface area contributed by atoms with Crippen molar-refractivity contribution in [3.05, 3.63) is 42.2 Å². The summed E-state index contributed by atoms with van der Waals surface area (Å²) in [5.41, 5.74) is 1.69. The molecule has 2 aromatic rings. The van der Waals surface area contributed by atoms with E-state index in [2.05, 4.69) is 11.1 Å². The maximum Gasteiger partial charge on any atom is 0.139 e. The first-order valence-corrected chi connectivity index (χ1v) is 4.29. The molecular formula is C11H9N3. The molecule has 0 aliphatic rings. The van der Waals surface area contributed by atoms with Crippen molar-refractivity contribution in [2.75, 3.05) is 0 Å². The minimum atomic E-state index is 0.669. The van der Waals surface area contributed by atoms with Gasteiger partial charge in [0.05, 0.1) is 11.6 Å². The van der Waals surface area contributed by atoms with Crippen LogP contribution in [0, 0.1) is 11.3 Å². The molecule has 0 N–H and O–H groups in total. The van der Waals surface area contributed by atoms with Crippen molar-refractivity contribution in [2.24, 2.45) is 7.05 Å². The topological polar surface area (TPSA) is 41.6 Å². The third-order valence-corrected chi connectivity index (χ3v) is 2.09. The Kier molecular flexibility index (Phi) is 2.04. The number of hydrogen-bond acceptors (Lipinski definition) is 2. The molecule has 1 aromatic carbocycles. The number of hydrogen-bond donors (Lipinski definition) is 0. The summed E-state index contributed by atoms with van der Waals surface area (Å²) >= 11 is 0. The molecule has 0 aliphatic carbocycles. The zero-order chi connectivity index (χ0) is 9.97. The van der Waals surface area contributed by atoms with Crippen LogP contribution < -0.4 is 0 Å². The molecule has 0 unspecified atom stereocenters. The first-order valence-electron chi connectivity index (χ1n) is 4.29. The maximum atomic E-state index is 8.64. The van der Waals surface area contributed by atoms with Crippen molar-refractivity contribution in [3.8, 4) is 17.5 Å². The normalized spacial score (nSPS) is 9.71. The molecule has 1 aromatic heterocycles. The van der Waals surface area contributed by atoms with E-state index in [0.29, 0.717) is 5.56 Å². The van der Waals surface area contributed by atoms with E-state index in [1.165, 1.54) is 0 Å². The molecule has 0 amide bonds. The highest BCUT2D eigenvalue weighted by Gasteiger charge is 2.01. The second-order valence-electron chi connectivity index (χ2n) is 3.05. The molecule has 68 valence electrons. The molecule has 0 radical (unpaired) electrons. The van der Waals surface area contributed by atoms with Crippen molar-refractivity contribution >= 4 is 0 Å². The first-order chi connectivity index (χ1) is 6.81. The van der Waals surface area contributed by atoms with Gasteiger partial charge in [0, 0.05) is 25.0 Å². The van der Waals surface area contributed by atoms with E-state index in [-0.39, 0.29) is 0 Å². The molecule has 0 bridgehead atoms. The van der Waals surface area contributed by atoms with E-state index >= 15 is 0 Å². The number of nitriles is 1. The number of nitrogens with zero attached hydrogens (tertiary/aromatic N) is 3. The fraction of sp³-hybridized carbons (Fsp3) is 0.0909. The molecule has 0 saturated heterocycles. The van der Waals surface area contributed by atoms with Crippen LogP contribution in [-0.2, 0) is 7.05 Å². The summed E-state index contributed by atoms with van der Waals surface area (Å²) in [5, 5.41) is 8.64. The highest BCUT2D eigenvalue weighted by atomic mass is 15.0. The number of aryl methyl sites for hydroxylation is 1. The SMILES string of the molecule is Cn1ccnc1-c1ccc(C#N)cc1.